The first-order chi connectivity index (χ1) is 10.7. The molecule has 2 N–H and O–H groups in total. The average molecular weight is 336 g/mol. The van der Waals surface area contributed by atoms with Crippen molar-refractivity contribution >= 4 is 14.0 Å². The summed E-state index contributed by atoms with van der Waals surface area (Å²) in [4.78, 5) is 12.9. The Bertz CT molecular complexity index is 541. The van der Waals surface area contributed by atoms with E-state index in [9.17, 15) is 9.90 Å². The highest BCUT2D eigenvalue weighted by atomic mass is 28.3. The molecule has 5 heteroatoms. The SMILES string of the molecule is CC(C)O[C@@H]1NC(=O)[C@@]2(C#C[Si](C)(C)C)[C@@H](CCO)C=CC[C@@H]12. The van der Waals surface area contributed by atoms with Crippen molar-refractivity contribution in [3.8, 4) is 11.5 Å². The first-order valence-electron chi connectivity index (χ1n) is 8.49. The van der Waals surface area contributed by atoms with Crippen molar-refractivity contribution in [2.75, 3.05) is 6.61 Å². The molecule has 0 saturated carbocycles. The van der Waals surface area contributed by atoms with Gasteiger partial charge < -0.3 is 15.2 Å². The van der Waals surface area contributed by atoms with E-state index in [1.165, 1.54) is 0 Å². The van der Waals surface area contributed by atoms with E-state index in [0.717, 1.165) is 6.42 Å². The van der Waals surface area contributed by atoms with Crippen LogP contribution in [-0.4, -0.2) is 38.0 Å². The highest BCUT2D eigenvalue weighted by molar-refractivity contribution is 6.83. The number of allylic oxidation sites excluding steroid dienone is 2. The van der Waals surface area contributed by atoms with Crippen molar-refractivity contribution in [1.82, 2.24) is 5.32 Å². The van der Waals surface area contributed by atoms with Crippen LogP contribution < -0.4 is 5.32 Å². The van der Waals surface area contributed by atoms with Gasteiger partial charge in [-0.25, -0.2) is 0 Å². The highest BCUT2D eigenvalue weighted by Gasteiger charge is 2.59. The number of hydrogen-bond donors (Lipinski definition) is 2. The van der Waals surface area contributed by atoms with Crippen LogP contribution in [0.15, 0.2) is 12.2 Å². The quantitative estimate of drug-likeness (QED) is 0.471. The maximum absolute atomic E-state index is 12.9. The van der Waals surface area contributed by atoms with Crippen LogP contribution in [0.2, 0.25) is 19.6 Å². The summed E-state index contributed by atoms with van der Waals surface area (Å²) in [6.07, 6.45) is 5.24. The van der Waals surface area contributed by atoms with E-state index in [-0.39, 0.29) is 36.7 Å². The Kier molecular flexibility index (Phi) is 5.39. The van der Waals surface area contributed by atoms with E-state index in [1.54, 1.807) is 0 Å². The number of fused-ring (bicyclic) bond motifs is 1. The minimum atomic E-state index is -1.61. The monoisotopic (exact) mass is 335 g/mol. The number of nitrogens with one attached hydrogen (secondary N) is 1. The summed E-state index contributed by atoms with van der Waals surface area (Å²) >= 11 is 0. The van der Waals surface area contributed by atoms with Crippen molar-refractivity contribution in [2.45, 2.75) is 58.7 Å². The second-order valence-corrected chi connectivity index (χ2v) is 12.6. The van der Waals surface area contributed by atoms with E-state index in [2.05, 4.69) is 48.6 Å². The number of aliphatic hydroxyl groups is 1. The highest BCUT2D eigenvalue weighted by Crippen LogP contribution is 2.49. The number of amides is 1. The molecule has 2 rings (SSSR count). The third-order valence-corrected chi connectivity index (χ3v) is 5.32. The molecule has 128 valence electrons. The molecule has 0 spiro atoms. The summed E-state index contributed by atoms with van der Waals surface area (Å²) in [6.45, 7) is 10.6. The van der Waals surface area contributed by atoms with Crippen molar-refractivity contribution in [3.05, 3.63) is 12.2 Å². The molecular formula is C18H29NO3Si. The van der Waals surface area contributed by atoms with E-state index >= 15 is 0 Å². The molecule has 4 atom stereocenters. The predicted molar refractivity (Wildman–Crippen MR) is 94.1 cm³/mol. The van der Waals surface area contributed by atoms with Gasteiger partial charge in [-0.15, -0.1) is 5.54 Å². The van der Waals surface area contributed by atoms with Gasteiger partial charge in [-0.3, -0.25) is 4.79 Å². The van der Waals surface area contributed by atoms with Gasteiger partial charge in [-0.05, 0) is 26.7 Å². The van der Waals surface area contributed by atoms with Crippen molar-refractivity contribution in [3.63, 3.8) is 0 Å². The number of ether oxygens (including phenoxy) is 1. The summed E-state index contributed by atoms with van der Waals surface area (Å²) in [7, 11) is -1.61. The zero-order valence-corrected chi connectivity index (χ0v) is 15.8. The van der Waals surface area contributed by atoms with Crippen LogP contribution in [0, 0.1) is 28.7 Å². The molecule has 0 bridgehead atoms. The van der Waals surface area contributed by atoms with E-state index in [1.807, 2.05) is 13.8 Å². The van der Waals surface area contributed by atoms with Crippen molar-refractivity contribution < 1.29 is 14.6 Å². The predicted octanol–water partition coefficient (Wildman–Crippen LogP) is 2.31. The van der Waals surface area contributed by atoms with Gasteiger partial charge in [0.15, 0.2) is 0 Å². The molecule has 1 fully saturated rings. The van der Waals surface area contributed by atoms with Crippen molar-refractivity contribution in [1.29, 1.82) is 0 Å². The van der Waals surface area contributed by atoms with Crippen LogP contribution in [0.4, 0.5) is 0 Å². The molecule has 0 radical (unpaired) electrons. The Balaban J connectivity index is 2.47. The maximum atomic E-state index is 12.9. The summed E-state index contributed by atoms with van der Waals surface area (Å²) in [5.41, 5.74) is 2.64. The lowest BCUT2D eigenvalue weighted by Gasteiger charge is -2.38. The number of aliphatic hydroxyl groups excluding tert-OH is 1. The third kappa shape index (κ3) is 3.71. The minimum absolute atomic E-state index is 0.00259. The lowest BCUT2D eigenvalue weighted by atomic mass is 9.63. The van der Waals surface area contributed by atoms with Gasteiger partial charge >= 0.3 is 0 Å². The standard InChI is InChI=1S/C18H29NO3Si/c1-13(2)22-16-15-8-6-7-14(9-11-20)18(15,17(21)19-16)10-12-23(3,4)5/h6-7,13-16,20H,8-9,11H2,1-5H3,(H,19,21)/t14-,15+,16+,18+/m1/s1. The van der Waals surface area contributed by atoms with Crippen LogP contribution in [0.1, 0.15) is 26.7 Å². The fraction of sp³-hybridized carbons (Fsp3) is 0.722. The van der Waals surface area contributed by atoms with E-state index in [4.69, 9.17) is 4.74 Å². The van der Waals surface area contributed by atoms with Gasteiger partial charge in [-0.1, -0.05) is 37.7 Å². The normalized spacial score (nSPS) is 33.2. The van der Waals surface area contributed by atoms with Crippen LogP contribution in [0.3, 0.4) is 0 Å². The number of hydrogen-bond acceptors (Lipinski definition) is 3. The van der Waals surface area contributed by atoms with Crippen LogP contribution in [0.25, 0.3) is 0 Å². The minimum Gasteiger partial charge on any atom is -0.396 e. The number of carbonyl (C=O) groups excluding carboxylic acids is 1. The molecule has 4 nitrogen and oxygen atoms in total. The maximum Gasteiger partial charge on any atom is 0.241 e. The molecule has 1 aliphatic heterocycles. The molecule has 1 aliphatic carbocycles. The first-order valence-corrected chi connectivity index (χ1v) is 12.0. The molecular weight excluding hydrogens is 306 g/mol. The molecule has 0 aromatic heterocycles. The van der Waals surface area contributed by atoms with Gasteiger partial charge in [-0.2, -0.15) is 0 Å². The molecule has 0 unspecified atom stereocenters. The van der Waals surface area contributed by atoms with Gasteiger partial charge in [0.2, 0.25) is 5.91 Å². The lowest BCUT2D eigenvalue weighted by molar-refractivity contribution is -0.128. The number of rotatable bonds is 4. The molecule has 0 aromatic carbocycles. The zero-order chi connectivity index (χ0) is 17.3. The van der Waals surface area contributed by atoms with Crippen LogP contribution >= 0.6 is 0 Å². The molecule has 1 amide bonds. The van der Waals surface area contributed by atoms with Crippen LogP contribution in [-0.2, 0) is 9.53 Å². The van der Waals surface area contributed by atoms with Crippen LogP contribution in [0.5, 0.6) is 0 Å². The topological polar surface area (TPSA) is 58.6 Å². The molecule has 0 aromatic rings. The lowest BCUT2D eigenvalue weighted by Crippen LogP contribution is -2.43. The summed E-state index contributed by atoms with van der Waals surface area (Å²) in [5, 5.41) is 12.5. The van der Waals surface area contributed by atoms with Gasteiger partial charge in [0.25, 0.3) is 0 Å². The fourth-order valence-electron chi connectivity index (χ4n) is 3.47. The largest absolute Gasteiger partial charge is 0.396 e. The Hall–Kier alpha value is -1.09. The molecule has 2 aliphatic rings. The second kappa shape index (κ2) is 6.80. The van der Waals surface area contributed by atoms with E-state index < -0.39 is 13.5 Å². The fourth-order valence-corrected chi connectivity index (χ4v) is 4.05. The first kappa shape index (κ1) is 18.2. The summed E-state index contributed by atoms with van der Waals surface area (Å²) in [6, 6.07) is 0. The van der Waals surface area contributed by atoms with Gasteiger partial charge in [0.1, 0.15) is 19.7 Å². The zero-order valence-electron chi connectivity index (χ0n) is 14.8. The third-order valence-electron chi connectivity index (χ3n) is 4.45. The Labute approximate surface area is 140 Å². The molecule has 1 saturated heterocycles. The smallest absolute Gasteiger partial charge is 0.241 e. The Morgan fingerprint density at radius 3 is 2.74 bits per heavy atom. The second-order valence-electron chi connectivity index (χ2n) is 7.84. The van der Waals surface area contributed by atoms with Gasteiger partial charge in [0.05, 0.1) is 6.10 Å². The summed E-state index contributed by atoms with van der Waals surface area (Å²) in [5.74, 6) is 3.29. The molecule has 1 heterocycles. The Morgan fingerprint density at radius 1 is 1.48 bits per heavy atom. The molecule has 23 heavy (non-hydrogen) atoms. The van der Waals surface area contributed by atoms with Crippen molar-refractivity contribution in [2.24, 2.45) is 17.3 Å². The average Bonchev–Trinajstić information content (AvgIpc) is 2.70. The number of carbonyl (C=O) groups is 1. The van der Waals surface area contributed by atoms with E-state index in [0.29, 0.717) is 6.42 Å². The Morgan fingerprint density at radius 2 is 2.17 bits per heavy atom. The van der Waals surface area contributed by atoms with Gasteiger partial charge in [0, 0.05) is 18.4 Å². The summed E-state index contributed by atoms with van der Waals surface area (Å²) < 4.78 is 5.95.